The molecule has 0 fully saturated rings. The number of fused-ring (bicyclic) bond motifs is 8. The van der Waals surface area contributed by atoms with E-state index in [9.17, 15) is 0 Å². The molecule has 8 rings (SSSR count). The highest BCUT2D eigenvalue weighted by atomic mass is 15.0. The van der Waals surface area contributed by atoms with Gasteiger partial charge in [0.25, 0.3) is 0 Å². The summed E-state index contributed by atoms with van der Waals surface area (Å²) in [5.41, 5.74) is 6.08. The summed E-state index contributed by atoms with van der Waals surface area (Å²) in [4.78, 5) is 0. The molecule has 0 atom stereocenters. The summed E-state index contributed by atoms with van der Waals surface area (Å²) in [5.74, 6) is 0. The van der Waals surface area contributed by atoms with E-state index in [-0.39, 0.29) is 0 Å². The number of benzene rings is 6. The average Bonchev–Trinajstić information content (AvgIpc) is 3.52. The topological polar surface area (TPSA) is 9.86 Å². The van der Waals surface area contributed by atoms with Crippen molar-refractivity contribution in [3.05, 3.63) is 134 Å². The molecule has 2 nitrogen and oxygen atoms in total. The number of nitrogens with zero attached hydrogens (tertiary/aromatic N) is 2. The molecule has 168 valence electrons. The Morgan fingerprint density at radius 2 is 1.11 bits per heavy atom. The molecule has 0 spiro atoms. The molecule has 36 heavy (non-hydrogen) atoms. The fourth-order valence-corrected chi connectivity index (χ4v) is 5.96. The zero-order valence-electron chi connectivity index (χ0n) is 19.6. The Labute approximate surface area is 208 Å². The fraction of sp³-hybridized carbons (Fsp3) is 0. The summed E-state index contributed by atoms with van der Waals surface area (Å²) in [6.45, 7) is 0. The Hall–Kier alpha value is -4.82. The Bertz CT molecular complexity index is 2090. The van der Waals surface area contributed by atoms with Gasteiger partial charge < -0.3 is 9.13 Å². The van der Waals surface area contributed by atoms with Crippen LogP contribution in [0.4, 0.5) is 0 Å². The first-order valence-electron chi connectivity index (χ1n) is 12.4. The van der Waals surface area contributed by atoms with Gasteiger partial charge in [0, 0.05) is 33.4 Å². The monoisotopic (exact) mass is 458 g/mol. The van der Waals surface area contributed by atoms with Crippen LogP contribution in [-0.4, -0.2) is 9.13 Å². The van der Waals surface area contributed by atoms with E-state index in [1.54, 1.807) is 0 Å². The minimum absolute atomic E-state index is 1.17. The summed E-state index contributed by atoms with van der Waals surface area (Å²) in [6.07, 6.45) is 2.19. The molecule has 0 unspecified atom stereocenters. The molecule has 2 aromatic heterocycles. The summed E-state index contributed by atoms with van der Waals surface area (Å²) in [7, 11) is 0. The SMILES string of the molecule is c1ccc(-n2ccc3c2ccc2c4ccccc4n(-c4cc5ccccc5c5ccccc45)c23)cc1. The van der Waals surface area contributed by atoms with Gasteiger partial charge in [-0.15, -0.1) is 0 Å². The van der Waals surface area contributed by atoms with E-state index in [2.05, 4.69) is 143 Å². The van der Waals surface area contributed by atoms with Crippen LogP contribution < -0.4 is 0 Å². The lowest BCUT2D eigenvalue weighted by molar-refractivity contribution is 1.13. The molecule has 6 aromatic carbocycles. The van der Waals surface area contributed by atoms with E-state index in [0.717, 1.165) is 0 Å². The van der Waals surface area contributed by atoms with E-state index >= 15 is 0 Å². The molecule has 8 aromatic rings. The number of hydrogen-bond donors (Lipinski definition) is 0. The van der Waals surface area contributed by atoms with Gasteiger partial charge in [-0.1, -0.05) is 91.0 Å². The highest BCUT2D eigenvalue weighted by Gasteiger charge is 2.18. The predicted molar refractivity (Wildman–Crippen MR) is 153 cm³/mol. The van der Waals surface area contributed by atoms with Crippen molar-refractivity contribution in [3.63, 3.8) is 0 Å². The van der Waals surface area contributed by atoms with E-state index in [0.29, 0.717) is 0 Å². The normalized spacial score (nSPS) is 11.9. The molecule has 2 heteroatoms. The van der Waals surface area contributed by atoms with Crippen molar-refractivity contribution in [3.8, 4) is 11.4 Å². The van der Waals surface area contributed by atoms with Crippen LogP contribution in [0, 0.1) is 0 Å². The quantitative estimate of drug-likeness (QED) is 0.229. The maximum Gasteiger partial charge on any atom is 0.0635 e. The molecule has 0 N–H and O–H groups in total. The second-order valence-electron chi connectivity index (χ2n) is 9.43. The van der Waals surface area contributed by atoms with Crippen LogP contribution >= 0.6 is 0 Å². The van der Waals surface area contributed by atoms with Crippen molar-refractivity contribution in [2.24, 2.45) is 0 Å². The highest BCUT2D eigenvalue weighted by molar-refractivity contribution is 6.20. The molecule has 0 saturated heterocycles. The first kappa shape index (κ1) is 19.5. The van der Waals surface area contributed by atoms with Crippen molar-refractivity contribution in [1.29, 1.82) is 0 Å². The average molecular weight is 459 g/mol. The maximum absolute atomic E-state index is 2.48. The smallest absolute Gasteiger partial charge is 0.0635 e. The summed E-state index contributed by atoms with van der Waals surface area (Å²) in [6, 6.07) is 46.1. The van der Waals surface area contributed by atoms with Crippen molar-refractivity contribution < 1.29 is 0 Å². The number of rotatable bonds is 2. The van der Waals surface area contributed by atoms with Crippen molar-refractivity contribution in [2.75, 3.05) is 0 Å². The Kier molecular flexibility index (Phi) is 3.97. The first-order valence-corrected chi connectivity index (χ1v) is 12.4. The Morgan fingerprint density at radius 3 is 1.97 bits per heavy atom. The summed E-state index contributed by atoms with van der Waals surface area (Å²) in [5, 5.41) is 8.90. The third kappa shape index (κ3) is 2.61. The fourth-order valence-electron chi connectivity index (χ4n) is 5.96. The summed E-state index contributed by atoms with van der Waals surface area (Å²) < 4.78 is 4.77. The van der Waals surface area contributed by atoms with Crippen LogP contribution in [0.1, 0.15) is 0 Å². The molecular weight excluding hydrogens is 436 g/mol. The lowest BCUT2D eigenvalue weighted by atomic mass is 10.00. The number of para-hydroxylation sites is 2. The Balaban J connectivity index is 1.58. The van der Waals surface area contributed by atoms with Crippen LogP contribution in [0.5, 0.6) is 0 Å². The molecular formula is C34H22N2. The van der Waals surface area contributed by atoms with Crippen molar-refractivity contribution in [2.45, 2.75) is 0 Å². The van der Waals surface area contributed by atoms with Gasteiger partial charge in [0.1, 0.15) is 0 Å². The van der Waals surface area contributed by atoms with Crippen LogP contribution in [0.2, 0.25) is 0 Å². The molecule has 0 saturated carbocycles. The van der Waals surface area contributed by atoms with Gasteiger partial charge in [0.2, 0.25) is 0 Å². The minimum atomic E-state index is 1.17. The van der Waals surface area contributed by atoms with Gasteiger partial charge >= 0.3 is 0 Å². The predicted octanol–water partition coefficient (Wildman–Crippen LogP) is 9.03. The first-order chi connectivity index (χ1) is 17.9. The molecule has 0 aliphatic heterocycles. The molecule has 0 amide bonds. The van der Waals surface area contributed by atoms with Gasteiger partial charge in [-0.25, -0.2) is 0 Å². The van der Waals surface area contributed by atoms with Crippen LogP contribution in [0.25, 0.3) is 65.6 Å². The third-order valence-electron chi connectivity index (χ3n) is 7.52. The van der Waals surface area contributed by atoms with Gasteiger partial charge in [0.15, 0.2) is 0 Å². The van der Waals surface area contributed by atoms with Crippen LogP contribution in [0.3, 0.4) is 0 Å². The van der Waals surface area contributed by atoms with Gasteiger partial charge in [0.05, 0.1) is 22.2 Å². The second-order valence-corrected chi connectivity index (χ2v) is 9.43. The zero-order valence-corrected chi connectivity index (χ0v) is 19.6. The van der Waals surface area contributed by atoms with Crippen molar-refractivity contribution >= 4 is 54.3 Å². The van der Waals surface area contributed by atoms with Gasteiger partial charge in [-0.3, -0.25) is 0 Å². The minimum Gasteiger partial charge on any atom is -0.316 e. The third-order valence-corrected chi connectivity index (χ3v) is 7.52. The molecule has 0 bridgehead atoms. The summed E-state index contributed by atoms with van der Waals surface area (Å²) >= 11 is 0. The zero-order chi connectivity index (χ0) is 23.6. The Morgan fingerprint density at radius 1 is 0.417 bits per heavy atom. The van der Waals surface area contributed by atoms with E-state index < -0.39 is 0 Å². The second kappa shape index (κ2) is 7.34. The van der Waals surface area contributed by atoms with Gasteiger partial charge in [-0.2, -0.15) is 0 Å². The molecule has 0 aliphatic rings. The number of hydrogen-bond acceptors (Lipinski definition) is 0. The van der Waals surface area contributed by atoms with E-state index in [1.807, 2.05) is 0 Å². The van der Waals surface area contributed by atoms with Crippen LogP contribution in [0.15, 0.2) is 134 Å². The van der Waals surface area contributed by atoms with Crippen LogP contribution in [-0.2, 0) is 0 Å². The lowest BCUT2D eigenvalue weighted by Crippen LogP contribution is -1.97. The van der Waals surface area contributed by atoms with Gasteiger partial charge in [-0.05, 0) is 52.6 Å². The van der Waals surface area contributed by atoms with Crippen molar-refractivity contribution in [1.82, 2.24) is 9.13 Å². The lowest BCUT2D eigenvalue weighted by Gasteiger charge is -2.15. The standard InChI is InChI=1S/C34H22N2/c1-2-11-24(12-3-1)35-21-20-30-31(35)19-18-29-28-16-8-9-17-32(28)36(34(29)30)33-22-23-10-4-5-13-25(23)26-14-6-7-15-27(26)33/h1-22H. The highest BCUT2D eigenvalue weighted by Crippen LogP contribution is 2.40. The molecule has 0 radical (unpaired) electrons. The molecule has 0 aliphatic carbocycles. The molecule has 2 heterocycles. The number of aromatic nitrogens is 2. The maximum atomic E-state index is 2.48. The largest absolute Gasteiger partial charge is 0.316 e. The van der Waals surface area contributed by atoms with E-state index in [4.69, 9.17) is 0 Å². The van der Waals surface area contributed by atoms with E-state index in [1.165, 1.54) is 65.6 Å².